The van der Waals surface area contributed by atoms with Gasteiger partial charge in [0.05, 0.1) is 6.61 Å². The van der Waals surface area contributed by atoms with Gasteiger partial charge < -0.3 is 14.6 Å². The van der Waals surface area contributed by atoms with Gasteiger partial charge in [0.15, 0.2) is 0 Å². The minimum Gasteiger partial charge on any atom is -0.381 e. The van der Waals surface area contributed by atoms with E-state index in [0.29, 0.717) is 18.5 Å². The number of hydrogen-bond donors (Lipinski definition) is 1. The molecule has 2 heterocycles. The molecule has 1 atom stereocenters. The number of rotatable bonds is 4. The SMILES string of the molecule is Cc1ccc(C(=O)N(CC2CCOC2)C2CC2)c(=O)[nH]1. The highest BCUT2D eigenvalue weighted by Gasteiger charge is 2.35. The lowest BCUT2D eigenvalue weighted by atomic mass is 10.1. The average Bonchev–Trinajstić information content (AvgIpc) is 3.12. The number of carbonyl (C=O) groups excluding carboxylic acids is 1. The lowest BCUT2D eigenvalue weighted by Gasteiger charge is -2.25. The lowest BCUT2D eigenvalue weighted by Crippen LogP contribution is -2.39. The topological polar surface area (TPSA) is 62.4 Å². The number of pyridine rings is 1. The molecule has 0 aromatic carbocycles. The van der Waals surface area contributed by atoms with Gasteiger partial charge in [0, 0.05) is 30.8 Å². The zero-order valence-electron chi connectivity index (χ0n) is 11.7. The van der Waals surface area contributed by atoms with Crippen molar-refractivity contribution in [1.29, 1.82) is 0 Å². The number of hydrogen-bond acceptors (Lipinski definition) is 3. The molecule has 0 radical (unpaired) electrons. The van der Waals surface area contributed by atoms with Crippen LogP contribution in [-0.4, -0.2) is 41.6 Å². The number of aromatic amines is 1. The van der Waals surface area contributed by atoms with E-state index in [0.717, 1.165) is 38.2 Å². The Labute approximate surface area is 117 Å². The molecule has 1 unspecified atom stereocenters. The Kier molecular flexibility index (Phi) is 3.61. The summed E-state index contributed by atoms with van der Waals surface area (Å²) in [4.78, 5) is 29.1. The van der Waals surface area contributed by atoms with E-state index in [2.05, 4.69) is 4.98 Å². The van der Waals surface area contributed by atoms with E-state index in [1.807, 2.05) is 11.8 Å². The van der Waals surface area contributed by atoms with Gasteiger partial charge in [-0.2, -0.15) is 0 Å². The van der Waals surface area contributed by atoms with Crippen molar-refractivity contribution in [2.45, 2.75) is 32.2 Å². The first-order chi connectivity index (χ1) is 9.65. The number of nitrogens with one attached hydrogen (secondary N) is 1. The van der Waals surface area contributed by atoms with Crippen LogP contribution in [0.4, 0.5) is 0 Å². The summed E-state index contributed by atoms with van der Waals surface area (Å²) in [5.41, 5.74) is 0.735. The molecule has 1 aromatic rings. The van der Waals surface area contributed by atoms with Gasteiger partial charge in [0.1, 0.15) is 5.56 Å². The van der Waals surface area contributed by atoms with Crippen LogP contribution in [0.3, 0.4) is 0 Å². The number of nitrogens with zero attached hydrogens (tertiary/aromatic N) is 1. The zero-order valence-corrected chi connectivity index (χ0v) is 11.7. The van der Waals surface area contributed by atoms with Gasteiger partial charge >= 0.3 is 0 Å². The number of carbonyl (C=O) groups is 1. The maximum Gasteiger partial charge on any atom is 0.260 e. The van der Waals surface area contributed by atoms with E-state index in [4.69, 9.17) is 4.74 Å². The number of ether oxygens (including phenoxy) is 1. The fourth-order valence-electron chi connectivity index (χ4n) is 2.68. The lowest BCUT2D eigenvalue weighted by molar-refractivity contribution is 0.0704. The van der Waals surface area contributed by atoms with Gasteiger partial charge in [-0.15, -0.1) is 0 Å². The van der Waals surface area contributed by atoms with Gasteiger partial charge in [0.2, 0.25) is 0 Å². The molecule has 2 fully saturated rings. The first kappa shape index (κ1) is 13.4. The molecule has 0 bridgehead atoms. The van der Waals surface area contributed by atoms with Crippen LogP contribution in [0.25, 0.3) is 0 Å². The predicted molar refractivity (Wildman–Crippen MR) is 74.8 cm³/mol. The van der Waals surface area contributed by atoms with Gasteiger partial charge in [-0.05, 0) is 38.3 Å². The van der Waals surface area contributed by atoms with Crippen LogP contribution in [0, 0.1) is 12.8 Å². The fraction of sp³-hybridized carbons (Fsp3) is 0.600. The van der Waals surface area contributed by atoms with E-state index >= 15 is 0 Å². The number of aryl methyl sites for hydroxylation is 1. The molecule has 1 amide bonds. The average molecular weight is 276 g/mol. The monoisotopic (exact) mass is 276 g/mol. The Morgan fingerprint density at radius 3 is 2.80 bits per heavy atom. The summed E-state index contributed by atoms with van der Waals surface area (Å²) < 4.78 is 5.38. The number of H-pyrrole nitrogens is 1. The molecule has 3 rings (SSSR count). The van der Waals surface area contributed by atoms with E-state index in [9.17, 15) is 9.59 Å². The molecule has 1 saturated carbocycles. The fourth-order valence-corrected chi connectivity index (χ4v) is 2.68. The summed E-state index contributed by atoms with van der Waals surface area (Å²) in [6, 6.07) is 3.72. The highest BCUT2D eigenvalue weighted by atomic mass is 16.5. The normalized spacial score (nSPS) is 21.9. The molecule has 1 aliphatic carbocycles. The molecule has 1 aromatic heterocycles. The second kappa shape index (κ2) is 5.40. The quantitative estimate of drug-likeness (QED) is 0.902. The van der Waals surface area contributed by atoms with Crippen LogP contribution in [0.2, 0.25) is 0 Å². The van der Waals surface area contributed by atoms with Crippen molar-refractivity contribution in [2.24, 2.45) is 5.92 Å². The van der Waals surface area contributed by atoms with E-state index < -0.39 is 0 Å². The molecule has 108 valence electrons. The van der Waals surface area contributed by atoms with E-state index in [-0.39, 0.29) is 17.0 Å². The molecular weight excluding hydrogens is 256 g/mol. The van der Waals surface area contributed by atoms with Crippen LogP contribution >= 0.6 is 0 Å². The molecule has 2 aliphatic rings. The molecular formula is C15H20N2O3. The van der Waals surface area contributed by atoms with Crippen LogP contribution < -0.4 is 5.56 Å². The Balaban J connectivity index is 1.79. The van der Waals surface area contributed by atoms with Crippen molar-refractivity contribution < 1.29 is 9.53 Å². The van der Waals surface area contributed by atoms with Crippen molar-refractivity contribution in [3.8, 4) is 0 Å². The molecule has 5 heteroatoms. The molecule has 1 aliphatic heterocycles. The number of aromatic nitrogens is 1. The highest BCUT2D eigenvalue weighted by molar-refractivity contribution is 5.94. The van der Waals surface area contributed by atoms with E-state index in [1.54, 1.807) is 12.1 Å². The van der Waals surface area contributed by atoms with Crippen molar-refractivity contribution in [1.82, 2.24) is 9.88 Å². The summed E-state index contributed by atoms with van der Waals surface area (Å²) in [7, 11) is 0. The third-order valence-corrected chi connectivity index (χ3v) is 4.01. The minimum absolute atomic E-state index is 0.138. The third kappa shape index (κ3) is 2.77. The summed E-state index contributed by atoms with van der Waals surface area (Å²) >= 11 is 0. The van der Waals surface area contributed by atoms with Crippen molar-refractivity contribution in [3.05, 3.63) is 33.7 Å². The van der Waals surface area contributed by atoms with Crippen LogP contribution in [0.1, 0.15) is 35.3 Å². The summed E-state index contributed by atoms with van der Waals surface area (Å²) in [6.07, 6.45) is 3.09. The van der Waals surface area contributed by atoms with Crippen molar-refractivity contribution >= 4 is 5.91 Å². The third-order valence-electron chi connectivity index (χ3n) is 4.01. The Bertz CT molecular complexity index is 556. The minimum atomic E-state index is -0.289. The summed E-state index contributed by atoms with van der Waals surface area (Å²) in [5.74, 6) is 0.268. The Morgan fingerprint density at radius 1 is 1.40 bits per heavy atom. The van der Waals surface area contributed by atoms with Crippen LogP contribution in [0.15, 0.2) is 16.9 Å². The molecule has 0 spiro atoms. The first-order valence-corrected chi connectivity index (χ1v) is 7.24. The second-order valence-corrected chi connectivity index (χ2v) is 5.80. The summed E-state index contributed by atoms with van der Waals surface area (Å²) in [6.45, 7) is 4.02. The maximum atomic E-state index is 12.6. The van der Waals surface area contributed by atoms with Gasteiger partial charge in [-0.1, -0.05) is 0 Å². The van der Waals surface area contributed by atoms with Crippen molar-refractivity contribution in [2.75, 3.05) is 19.8 Å². The summed E-state index contributed by atoms with van der Waals surface area (Å²) in [5, 5.41) is 0. The maximum absolute atomic E-state index is 12.6. The smallest absolute Gasteiger partial charge is 0.260 e. The van der Waals surface area contributed by atoms with Crippen LogP contribution in [-0.2, 0) is 4.74 Å². The predicted octanol–water partition coefficient (Wildman–Crippen LogP) is 1.32. The zero-order chi connectivity index (χ0) is 14.1. The molecule has 20 heavy (non-hydrogen) atoms. The Hall–Kier alpha value is -1.62. The first-order valence-electron chi connectivity index (χ1n) is 7.24. The molecule has 1 N–H and O–H groups in total. The highest BCUT2D eigenvalue weighted by Crippen LogP contribution is 2.29. The molecule has 1 saturated heterocycles. The van der Waals surface area contributed by atoms with Gasteiger partial charge in [-0.3, -0.25) is 9.59 Å². The number of amides is 1. The standard InChI is InChI=1S/C15H20N2O3/c1-10-2-5-13(14(18)16-10)15(19)17(12-3-4-12)8-11-6-7-20-9-11/h2,5,11-12H,3-4,6-9H2,1H3,(H,16,18). The molecule has 5 nitrogen and oxygen atoms in total. The largest absolute Gasteiger partial charge is 0.381 e. The van der Waals surface area contributed by atoms with Crippen molar-refractivity contribution in [3.63, 3.8) is 0 Å². The Morgan fingerprint density at radius 2 is 2.20 bits per heavy atom. The van der Waals surface area contributed by atoms with Gasteiger partial charge in [-0.25, -0.2) is 0 Å². The second-order valence-electron chi connectivity index (χ2n) is 5.80. The van der Waals surface area contributed by atoms with Gasteiger partial charge in [0.25, 0.3) is 11.5 Å². The van der Waals surface area contributed by atoms with Crippen LogP contribution in [0.5, 0.6) is 0 Å². The van der Waals surface area contributed by atoms with E-state index in [1.165, 1.54) is 0 Å².